The molecular weight excluding hydrogens is 408 g/mol. The van der Waals surface area contributed by atoms with Crippen molar-refractivity contribution in [1.29, 1.82) is 0 Å². The predicted molar refractivity (Wildman–Crippen MR) is 112 cm³/mol. The number of hydrogen-bond acceptors (Lipinski definition) is 6. The third kappa shape index (κ3) is 2.71. The van der Waals surface area contributed by atoms with E-state index < -0.39 is 0 Å². The summed E-state index contributed by atoms with van der Waals surface area (Å²) < 4.78 is 19.7. The molecular formula is C21H19ClN4O4. The van der Waals surface area contributed by atoms with Crippen LogP contribution in [0.5, 0.6) is 17.4 Å². The highest BCUT2D eigenvalue weighted by Crippen LogP contribution is 2.37. The Labute approximate surface area is 176 Å². The SMILES string of the molecule is CCc1nc(C)c2c(=O)n(Cc3cc4c(cc3Cl)OCO4)c3ccc(OC)nc3n12. The first-order valence-corrected chi connectivity index (χ1v) is 9.93. The summed E-state index contributed by atoms with van der Waals surface area (Å²) >= 11 is 6.48. The van der Waals surface area contributed by atoms with Crippen LogP contribution in [0.2, 0.25) is 5.02 Å². The molecule has 1 aliphatic heterocycles. The second kappa shape index (κ2) is 6.91. The van der Waals surface area contributed by atoms with E-state index in [9.17, 15) is 4.79 Å². The maximum atomic E-state index is 13.5. The van der Waals surface area contributed by atoms with Gasteiger partial charge in [-0.05, 0) is 24.6 Å². The minimum atomic E-state index is -0.159. The summed E-state index contributed by atoms with van der Waals surface area (Å²) in [5.74, 6) is 2.45. The van der Waals surface area contributed by atoms with Gasteiger partial charge in [0.05, 0.1) is 24.9 Å². The van der Waals surface area contributed by atoms with Crippen LogP contribution in [0.4, 0.5) is 0 Å². The van der Waals surface area contributed by atoms with Crippen LogP contribution in [0, 0.1) is 6.92 Å². The molecule has 154 valence electrons. The van der Waals surface area contributed by atoms with Crippen molar-refractivity contribution in [2.45, 2.75) is 26.8 Å². The van der Waals surface area contributed by atoms with Crippen molar-refractivity contribution >= 4 is 28.3 Å². The number of hydrogen-bond donors (Lipinski definition) is 0. The van der Waals surface area contributed by atoms with Crippen molar-refractivity contribution < 1.29 is 14.2 Å². The Kier molecular flexibility index (Phi) is 4.32. The summed E-state index contributed by atoms with van der Waals surface area (Å²) in [6.45, 7) is 4.24. The number of pyridine rings is 1. The fraction of sp³-hybridized carbons (Fsp3) is 0.286. The molecule has 0 N–H and O–H groups in total. The molecule has 0 radical (unpaired) electrons. The first-order valence-electron chi connectivity index (χ1n) is 9.55. The van der Waals surface area contributed by atoms with Gasteiger partial charge >= 0.3 is 0 Å². The zero-order chi connectivity index (χ0) is 21.0. The molecule has 30 heavy (non-hydrogen) atoms. The quantitative estimate of drug-likeness (QED) is 0.498. The fourth-order valence-corrected chi connectivity index (χ4v) is 4.07. The molecule has 4 aromatic rings. The Hall–Kier alpha value is -3.26. The molecule has 3 aromatic heterocycles. The topological polar surface area (TPSA) is 79.9 Å². The lowest BCUT2D eigenvalue weighted by Gasteiger charge is -2.15. The highest BCUT2D eigenvalue weighted by Gasteiger charge is 2.21. The van der Waals surface area contributed by atoms with E-state index in [0.29, 0.717) is 51.2 Å². The lowest BCUT2D eigenvalue weighted by atomic mass is 10.2. The molecule has 0 fully saturated rings. The molecule has 0 unspecified atom stereocenters. The Balaban J connectivity index is 1.81. The number of imidazole rings is 1. The third-order valence-corrected chi connectivity index (χ3v) is 5.65. The maximum absolute atomic E-state index is 13.5. The zero-order valence-corrected chi connectivity index (χ0v) is 17.5. The first kappa shape index (κ1) is 18.7. The number of halogens is 1. The molecule has 1 aromatic carbocycles. The Morgan fingerprint density at radius 2 is 1.97 bits per heavy atom. The van der Waals surface area contributed by atoms with E-state index in [0.717, 1.165) is 11.4 Å². The van der Waals surface area contributed by atoms with Gasteiger partial charge in [-0.1, -0.05) is 18.5 Å². The van der Waals surface area contributed by atoms with Gasteiger partial charge < -0.3 is 14.2 Å². The van der Waals surface area contributed by atoms with Gasteiger partial charge in [-0.3, -0.25) is 13.8 Å². The monoisotopic (exact) mass is 426 g/mol. The molecule has 5 rings (SSSR count). The number of aromatic nitrogens is 4. The van der Waals surface area contributed by atoms with Crippen LogP contribution in [-0.2, 0) is 13.0 Å². The van der Waals surface area contributed by atoms with E-state index in [2.05, 4.69) is 9.97 Å². The lowest BCUT2D eigenvalue weighted by Crippen LogP contribution is -2.24. The van der Waals surface area contributed by atoms with Gasteiger partial charge in [0.15, 0.2) is 17.1 Å². The summed E-state index contributed by atoms with van der Waals surface area (Å²) in [5, 5.41) is 0.500. The van der Waals surface area contributed by atoms with Crippen molar-refractivity contribution in [2.75, 3.05) is 13.9 Å². The molecule has 4 heterocycles. The minimum absolute atomic E-state index is 0.155. The molecule has 0 saturated heterocycles. The molecule has 9 heteroatoms. The van der Waals surface area contributed by atoms with Gasteiger partial charge in [0.1, 0.15) is 11.3 Å². The predicted octanol–water partition coefficient (Wildman–Crippen LogP) is 3.35. The second-order valence-electron chi connectivity index (χ2n) is 7.04. The largest absolute Gasteiger partial charge is 0.481 e. The van der Waals surface area contributed by atoms with Crippen molar-refractivity contribution in [3.05, 3.63) is 56.7 Å². The second-order valence-corrected chi connectivity index (χ2v) is 7.44. The van der Waals surface area contributed by atoms with Gasteiger partial charge in [0.2, 0.25) is 12.7 Å². The Morgan fingerprint density at radius 3 is 2.70 bits per heavy atom. The van der Waals surface area contributed by atoms with E-state index in [1.807, 2.05) is 30.4 Å². The number of methoxy groups -OCH3 is 1. The van der Waals surface area contributed by atoms with Crippen LogP contribution in [0.3, 0.4) is 0 Å². The number of fused-ring (bicyclic) bond motifs is 4. The molecule has 0 saturated carbocycles. The molecule has 0 spiro atoms. The van der Waals surface area contributed by atoms with Crippen LogP contribution in [-0.4, -0.2) is 32.8 Å². The van der Waals surface area contributed by atoms with Crippen LogP contribution >= 0.6 is 11.6 Å². The fourth-order valence-electron chi connectivity index (χ4n) is 3.86. The van der Waals surface area contributed by atoms with Gasteiger partial charge in [0.25, 0.3) is 5.56 Å². The third-order valence-electron chi connectivity index (χ3n) is 5.30. The van der Waals surface area contributed by atoms with Gasteiger partial charge in [-0.15, -0.1) is 0 Å². The molecule has 8 nitrogen and oxygen atoms in total. The number of benzene rings is 1. The molecule has 0 amide bonds. The van der Waals surface area contributed by atoms with E-state index in [4.69, 9.17) is 25.8 Å². The summed E-state index contributed by atoms with van der Waals surface area (Å²) in [4.78, 5) is 22.8. The summed E-state index contributed by atoms with van der Waals surface area (Å²) in [6.07, 6.45) is 0.667. The van der Waals surface area contributed by atoms with E-state index in [-0.39, 0.29) is 18.9 Å². The average molecular weight is 427 g/mol. The average Bonchev–Trinajstić information content (AvgIpc) is 3.34. The van der Waals surface area contributed by atoms with Gasteiger partial charge in [0, 0.05) is 23.6 Å². The van der Waals surface area contributed by atoms with E-state index >= 15 is 0 Å². The Bertz CT molecular complexity index is 1380. The molecule has 1 aliphatic rings. The van der Waals surface area contributed by atoms with Crippen molar-refractivity contribution in [3.63, 3.8) is 0 Å². The standard InChI is InChI=1S/C21H19ClN4O4/c1-4-17-23-11(2)19-21(27)25(14-5-6-18(28-3)24-20(14)26(17)19)9-12-7-15-16(8-13(12)22)30-10-29-15/h5-8H,4,9-10H2,1-3H3. The van der Waals surface area contributed by atoms with Gasteiger partial charge in [-0.25, -0.2) is 4.98 Å². The van der Waals surface area contributed by atoms with E-state index in [1.165, 1.54) is 0 Å². The number of rotatable bonds is 4. The smallest absolute Gasteiger partial charge is 0.277 e. The number of aryl methyl sites for hydroxylation is 2. The summed E-state index contributed by atoms with van der Waals surface area (Å²) in [7, 11) is 1.56. The van der Waals surface area contributed by atoms with E-state index in [1.54, 1.807) is 23.8 Å². The van der Waals surface area contributed by atoms with Crippen molar-refractivity contribution in [2.24, 2.45) is 0 Å². The molecule has 0 bridgehead atoms. The van der Waals surface area contributed by atoms with Crippen LogP contribution in [0.15, 0.2) is 29.1 Å². The maximum Gasteiger partial charge on any atom is 0.277 e. The minimum Gasteiger partial charge on any atom is -0.481 e. The van der Waals surface area contributed by atoms with Crippen molar-refractivity contribution in [3.8, 4) is 17.4 Å². The van der Waals surface area contributed by atoms with Gasteiger partial charge in [-0.2, -0.15) is 4.98 Å². The number of ether oxygens (including phenoxy) is 3. The summed E-state index contributed by atoms with van der Waals surface area (Å²) in [5.41, 5.74) is 3.02. The zero-order valence-electron chi connectivity index (χ0n) is 16.7. The van der Waals surface area contributed by atoms with Crippen LogP contribution in [0.1, 0.15) is 24.0 Å². The molecule has 0 atom stereocenters. The highest BCUT2D eigenvalue weighted by molar-refractivity contribution is 6.31. The van der Waals surface area contributed by atoms with Crippen molar-refractivity contribution in [1.82, 2.24) is 18.9 Å². The Morgan fingerprint density at radius 1 is 1.20 bits per heavy atom. The highest BCUT2D eigenvalue weighted by atomic mass is 35.5. The van der Waals surface area contributed by atoms with Crippen LogP contribution < -0.4 is 19.8 Å². The summed E-state index contributed by atoms with van der Waals surface area (Å²) in [6, 6.07) is 7.09. The molecule has 0 aliphatic carbocycles. The van der Waals surface area contributed by atoms with Crippen LogP contribution in [0.25, 0.3) is 16.7 Å². The number of nitrogens with zero attached hydrogens (tertiary/aromatic N) is 4. The first-order chi connectivity index (χ1) is 14.5. The lowest BCUT2D eigenvalue weighted by molar-refractivity contribution is 0.174. The normalized spacial score (nSPS) is 12.8.